The van der Waals surface area contributed by atoms with Gasteiger partial charge in [-0.1, -0.05) is 0 Å². The Balaban J connectivity index is 2.27. The number of hydrogen-bond acceptors (Lipinski definition) is 0. The Kier molecular flexibility index (Phi) is 2.49. The quantitative estimate of drug-likeness (QED) is 0.593. The van der Waals surface area contributed by atoms with Crippen molar-refractivity contribution in [3.8, 4) is 0 Å². The first-order valence-corrected chi connectivity index (χ1v) is 5.06. The fraction of sp³-hybridized carbons (Fsp3) is 0.429. The third-order valence-electron chi connectivity index (χ3n) is 1.00. The molecule has 0 nitrogen and oxygen atoms in total. The first-order valence-electron chi connectivity index (χ1n) is 2.83. The predicted molar refractivity (Wildman–Crippen MR) is 32.5 cm³/mol. The van der Waals surface area contributed by atoms with Gasteiger partial charge < -0.3 is 0 Å². The molecule has 0 atom stereocenters. The molecule has 46 valence electrons. The molecule has 1 aliphatic rings. The zero-order valence-electron chi connectivity index (χ0n) is 4.95. The van der Waals surface area contributed by atoms with Crippen molar-refractivity contribution >= 4 is 0 Å². The van der Waals surface area contributed by atoms with Crippen molar-refractivity contribution in [2.75, 3.05) is 0 Å². The number of rotatable bonds is 2. The number of hydrogen-bond donors (Lipinski definition) is 0. The van der Waals surface area contributed by atoms with E-state index in [1.54, 1.807) is 0 Å². The molecule has 0 radical (unpaired) electrons. The van der Waals surface area contributed by atoms with E-state index in [2.05, 4.69) is 31.2 Å². The summed E-state index contributed by atoms with van der Waals surface area (Å²) >= 11 is 0.608. The molecule has 0 aromatic heterocycles. The molecule has 0 amide bonds. The molecule has 0 saturated heterocycles. The average molecular weight is 195 g/mol. The Hall–Kier alpha value is 0.103. The standard InChI is InChI=1S/C5H5.C2H5.Ru/c1-2-4-5-3-1;1-2;/h1-5H;1H2,2H3;. The summed E-state index contributed by atoms with van der Waals surface area (Å²) in [5.74, 6) is 0. The Morgan fingerprint density at radius 1 is 1.38 bits per heavy atom. The molecule has 0 bridgehead atoms. The van der Waals surface area contributed by atoms with E-state index < -0.39 is 0 Å². The van der Waals surface area contributed by atoms with E-state index in [1.165, 1.54) is 5.02 Å². The molecule has 1 rings (SSSR count). The van der Waals surface area contributed by atoms with Crippen molar-refractivity contribution in [1.29, 1.82) is 0 Å². The van der Waals surface area contributed by atoms with Crippen LogP contribution in [0, 0.1) is 0 Å². The molecule has 0 aromatic rings. The summed E-state index contributed by atoms with van der Waals surface area (Å²) < 4.78 is 0.840. The Labute approximate surface area is 58.3 Å². The van der Waals surface area contributed by atoms with Gasteiger partial charge in [0, 0.05) is 0 Å². The molecular formula is C7H10Ru. The van der Waals surface area contributed by atoms with Crippen LogP contribution >= 0.6 is 0 Å². The Bertz CT molecular complexity index is 102. The molecule has 0 saturated carbocycles. The van der Waals surface area contributed by atoms with E-state index in [0.29, 0.717) is 17.1 Å². The minimum atomic E-state index is 0.608. The zero-order chi connectivity index (χ0) is 5.82. The van der Waals surface area contributed by atoms with Crippen LogP contribution in [0.5, 0.6) is 0 Å². The number of allylic oxidation sites excluding steroid dienone is 4. The Morgan fingerprint density at radius 3 is 2.50 bits per heavy atom. The topological polar surface area (TPSA) is 0 Å². The summed E-state index contributed by atoms with van der Waals surface area (Å²) in [5, 5.41) is 1.38. The van der Waals surface area contributed by atoms with E-state index in [9.17, 15) is 0 Å². The fourth-order valence-electron chi connectivity index (χ4n) is 0.662. The SMILES string of the molecule is C[CH2][Ru][CH]1C=CC=C1. The summed E-state index contributed by atoms with van der Waals surface area (Å²) in [5.41, 5.74) is 0. The van der Waals surface area contributed by atoms with Crippen LogP contribution in [0.3, 0.4) is 0 Å². The third kappa shape index (κ3) is 1.56. The van der Waals surface area contributed by atoms with Crippen molar-refractivity contribution in [3.05, 3.63) is 24.3 Å². The van der Waals surface area contributed by atoms with Crippen LogP contribution in [-0.2, 0) is 17.1 Å². The van der Waals surface area contributed by atoms with Gasteiger partial charge in [0.05, 0.1) is 0 Å². The molecule has 0 fully saturated rings. The van der Waals surface area contributed by atoms with Crippen LogP contribution in [0.2, 0.25) is 9.53 Å². The van der Waals surface area contributed by atoms with Crippen LogP contribution in [0.1, 0.15) is 6.92 Å². The van der Waals surface area contributed by atoms with E-state index >= 15 is 0 Å². The van der Waals surface area contributed by atoms with Gasteiger partial charge in [-0.15, -0.1) is 0 Å². The van der Waals surface area contributed by atoms with Crippen LogP contribution in [0.25, 0.3) is 0 Å². The second-order valence-corrected chi connectivity index (χ2v) is 4.69. The van der Waals surface area contributed by atoms with Crippen molar-refractivity contribution in [2.45, 2.75) is 16.5 Å². The molecule has 0 unspecified atom stereocenters. The second-order valence-electron chi connectivity index (χ2n) is 1.59. The van der Waals surface area contributed by atoms with E-state index in [1.807, 2.05) is 0 Å². The Morgan fingerprint density at radius 2 is 2.00 bits per heavy atom. The van der Waals surface area contributed by atoms with Gasteiger partial charge in [-0.2, -0.15) is 0 Å². The van der Waals surface area contributed by atoms with Crippen molar-refractivity contribution in [3.63, 3.8) is 0 Å². The average Bonchev–Trinajstić information content (AvgIpc) is 2.19. The van der Waals surface area contributed by atoms with Gasteiger partial charge in [0.25, 0.3) is 0 Å². The second kappa shape index (κ2) is 3.19. The molecular weight excluding hydrogens is 185 g/mol. The van der Waals surface area contributed by atoms with Crippen LogP contribution in [-0.4, -0.2) is 0 Å². The first-order chi connectivity index (χ1) is 3.93. The van der Waals surface area contributed by atoms with Gasteiger partial charge in [-0.05, 0) is 0 Å². The van der Waals surface area contributed by atoms with Crippen LogP contribution in [0.15, 0.2) is 24.3 Å². The molecule has 0 aromatic carbocycles. The molecule has 8 heavy (non-hydrogen) atoms. The minimum absolute atomic E-state index is 0.608. The molecule has 1 heteroatoms. The fourth-order valence-corrected chi connectivity index (χ4v) is 2.34. The van der Waals surface area contributed by atoms with Crippen LogP contribution < -0.4 is 0 Å². The summed E-state index contributed by atoms with van der Waals surface area (Å²) in [6.45, 7) is 2.26. The normalized spacial score (nSPS) is 18.6. The summed E-state index contributed by atoms with van der Waals surface area (Å²) in [4.78, 5) is 0. The molecule has 0 spiro atoms. The van der Waals surface area contributed by atoms with Gasteiger partial charge in [-0.25, -0.2) is 0 Å². The summed E-state index contributed by atoms with van der Waals surface area (Å²) in [6, 6.07) is 0. The van der Waals surface area contributed by atoms with Gasteiger partial charge in [-0.3, -0.25) is 0 Å². The van der Waals surface area contributed by atoms with Crippen molar-refractivity contribution < 1.29 is 17.1 Å². The van der Waals surface area contributed by atoms with Crippen molar-refractivity contribution in [1.82, 2.24) is 0 Å². The first kappa shape index (κ1) is 6.23. The van der Waals surface area contributed by atoms with Gasteiger partial charge in [0.1, 0.15) is 0 Å². The van der Waals surface area contributed by atoms with Crippen LogP contribution in [0.4, 0.5) is 0 Å². The predicted octanol–water partition coefficient (Wildman–Crippen LogP) is 2.42. The molecule has 0 N–H and O–H groups in total. The maximum atomic E-state index is 2.29. The third-order valence-corrected chi connectivity index (χ3v) is 3.20. The molecule has 0 aliphatic heterocycles. The van der Waals surface area contributed by atoms with Crippen molar-refractivity contribution in [2.24, 2.45) is 0 Å². The van der Waals surface area contributed by atoms with E-state index in [4.69, 9.17) is 0 Å². The molecule has 0 heterocycles. The van der Waals surface area contributed by atoms with E-state index in [-0.39, 0.29) is 0 Å². The van der Waals surface area contributed by atoms with Gasteiger partial charge in [0.2, 0.25) is 0 Å². The zero-order valence-corrected chi connectivity index (χ0v) is 6.69. The van der Waals surface area contributed by atoms with Gasteiger partial charge in [0.15, 0.2) is 0 Å². The summed E-state index contributed by atoms with van der Waals surface area (Å²) in [6.07, 6.45) is 8.88. The maximum absolute atomic E-state index is 2.29. The monoisotopic (exact) mass is 196 g/mol. The van der Waals surface area contributed by atoms with E-state index in [0.717, 1.165) is 4.51 Å². The summed E-state index contributed by atoms with van der Waals surface area (Å²) in [7, 11) is 0. The van der Waals surface area contributed by atoms with Gasteiger partial charge >= 0.3 is 57.9 Å². The molecule has 1 aliphatic carbocycles.